The van der Waals surface area contributed by atoms with Gasteiger partial charge >= 0.3 is 5.97 Å². The first kappa shape index (κ1) is 27.4. The number of nitrogens with one attached hydrogen (secondary N) is 1. The third-order valence-corrected chi connectivity index (χ3v) is 7.84. The maximum atomic E-state index is 13.2. The Kier molecular flexibility index (Phi) is 7.65. The molecule has 2 heterocycles. The maximum absolute atomic E-state index is 13.2. The van der Waals surface area contributed by atoms with Crippen LogP contribution in [0.2, 0.25) is 5.02 Å². The van der Waals surface area contributed by atoms with Crippen molar-refractivity contribution in [3.8, 4) is 11.1 Å². The highest BCUT2D eigenvalue weighted by Crippen LogP contribution is 2.43. The minimum atomic E-state index is -1.00. The number of likely N-dealkylation sites (tertiary alicyclic amines) is 1. The van der Waals surface area contributed by atoms with Gasteiger partial charge in [0.1, 0.15) is 0 Å². The van der Waals surface area contributed by atoms with E-state index in [9.17, 15) is 14.4 Å². The molecule has 0 aliphatic carbocycles. The number of rotatable bonds is 7. The van der Waals surface area contributed by atoms with Gasteiger partial charge in [0.2, 0.25) is 11.8 Å². The molecule has 9 heteroatoms. The summed E-state index contributed by atoms with van der Waals surface area (Å²) in [6.07, 6.45) is 1.29. The maximum Gasteiger partial charge on any atom is 0.341 e. The lowest BCUT2D eigenvalue weighted by atomic mass is 9.86. The van der Waals surface area contributed by atoms with Crippen LogP contribution in [0.1, 0.15) is 39.9 Å². The highest BCUT2D eigenvalue weighted by atomic mass is 35.5. The van der Waals surface area contributed by atoms with Crippen LogP contribution in [0, 0.1) is 6.92 Å². The summed E-state index contributed by atoms with van der Waals surface area (Å²) in [5.41, 5.74) is 16.0. The number of benzene rings is 3. The SMILES string of the molecule is Cc1cc(-c2cccc(C(N)=O)c2)c(Cl)cc1C1=C(N)C2(CCCN(CC(=O)NCc3ccccc3)C2)OC1=O. The lowest BCUT2D eigenvalue weighted by molar-refractivity contribution is -0.149. The van der Waals surface area contributed by atoms with Crippen LogP contribution in [0.15, 0.2) is 72.4 Å². The smallest absolute Gasteiger partial charge is 0.341 e. The number of esters is 1. The highest BCUT2D eigenvalue weighted by Gasteiger charge is 2.49. The van der Waals surface area contributed by atoms with E-state index in [-0.39, 0.29) is 12.5 Å². The summed E-state index contributed by atoms with van der Waals surface area (Å²) in [6, 6.07) is 20.2. The first-order chi connectivity index (χ1) is 19.2. The third kappa shape index (κ3) is 5.46. The Balaban J connectivity index is 1.36. The highest BCUT2D eigenvalue weighted by molar-refractivity contribution is 6.34. The van der Waals surface area contributed by atoms with Crippen molar-refractivity contribution in [2.45, 2.75) is 31.9 Å². The summed E-state index contributed by atoms with van der Waals surface area (Å²) >= 11 is 6.69. The van der Waals surface area contributed by atoms with Gasteiger partial charge in [0, 0.05) is 29.2 Å². The molecule has 2 amide bonds. The predicted molar refractivity (Wildman–Crippen MR) is 154 cm³/mol. The van der Waals surface area contributed by atoms with E-state index in [0.29, 0.717) is 59.0 Å². The Labute approximate surface area is 237 Å². The summed E-state index contributed by atoms with van der Waals surface area (Å²) in [5.74, 6) is -1.14. The van der Waals surface area contributed by atoms with Gasteiger partial charge in [0.05, 0.1) is 17.8 Å². The second-order valence-corrected chi connectivity index (χ2v) is 10.7. The van der Waals surface area contributed by atoms with Gasteiger partial charge in [-0.25, -0.2) is 4.79 Å². The van der Waals surface area contributed by atoms with E-state index in [1.807, 2.05) is 54.3 Å². The van der Waals surface area contributed by atoms with Crippen LogP contribution in [0.25, 0.3) is 16.7 Å². The number of ether oxygens (including phenoxy) is 1. The number of amides is 2. The molecule has 8 nitrogen and oxygen atoms in total. The molecule has 3 aromatic rings. The molecule has 0 radical (unpaired) electrons. The molecular weight excluding hydrogens is 528 g/mol. The Hall–Kier alpha value is -4.14. The summed E-state index contributed by atoms with van der Waals surface area (Å²) in [4.78, 5) is 39.5. The molecule has 1 saturated heterocycles. The summed E-state index contributed by atoms with van der Waals surface area (Å²) in [7, 11) is 0. The Bertz CT molecular complexity index is 1520. The average molecular weight is 559 g/mol. The summed E-state index contributed by atoms with van der Waals surface area (Å²) in [6.45, 7) is 3.53. The molecule has 1 atom stereocenters. The Morgan fingerprint density at radius 3 is 2.60 bits per heavy atom. The largest absolute Gasteiger partial charge is 0.448 e. The fourth-order valence-corrected chi connectivity index (χ4v) is 5.76. The zero-order valence-electron chi connectivity index (χ0n) is 22.2. The van der Waals surface area contributed by atoms with E-state index in [1.54, 1.807) is 24.3 Å². The van der Waals surface area contributed by atoms with Gasteiger partial charge < -0.3 is 21.5 Å². The van der Waals surface area contributed by atoms with E-state index in [4.69, 9.17) is 27.8 Å². The second-order valence-electron chi connectivity index (χ2n) is 10.3. The van der Waals surface area contributed by atoms with Crippen LogP contribution in [0.4, 0.5) is 0 Å². The van der Waals surface area contributed by atoms with Gasteiger partial charge in [0.25, 0.3) is 0 Å². The van der Waals surface area contributed by atoms with E-state index in [1.165, 1.54) is 0 Å². The fraction of sp³-hybridized carbons (Fsp3) is 0.258. The van der Waals surface area contributed by atoms with Crippen LogP contribution in [-0.4, -0.2) is 47.9 Å². The first-order valence-corrected chi connectivity index (χ1v) is 13.5. The zero-order valence-corrected chi connectivity index (χ0v) is 23.0. The summed E-state index contributed by atoms with van der Waals surface area (Å²) < 4.78 is 5.96. The van der Waals surface area contributed by atoms with Gasteiger partial charge in [-0.2, -0.15) is 0 Å². The van der Waals surface area contributed by atoms with Crippen LogP contribution in [-0.2, 0) is 20.9 Å². The van der Waals surface area contributed by atoms with Crippen molar-refractivity contribution in [3.63, 3.8) is 0 Å². The van der Waals surface area contributed by atoms with Crippen LogP contribution in [0.5, 0.6) is 0 Å². The molecule has 2 aliphatic heterocycles. The molecule has 1 spiro atoms. The topological polar surface area (TPSA) is 128 Å². The number of piperidine rings is 1. The van der Waals surface area contributed by atoms with Crippen molar-refractivity contribution in [2.75, 3.05) is 19.6 Å². The number of hydrogen-bond donors (Lipinski definition) is 3. The molecular formula is C31H31ClN4O4. The van der Waals surface area contributed by atoms with Gasteiger partial charge in [-0.15, -0.1) is 0 Å². The Morgan fingerprint density at radius 1 is 1.07 bits per heavy atom. The number of carbonyl (C=O) groups excluding carboxylic acids is 3. The van der Waals surface area contributed by atoms with E-state index in [2.05, 4.69) is 5.32 Å². The Morgan fingerprint density at radius 2 is 1.85 bits per heavy atom. The number of aryl methyl sites for hydroxylation is 1. The quantitative estimate of drug-likeness (QED) is 0.379. The molecule has 5 rings (SSSR count). The molecule has 40 heavy (non-hydrogen) atoms. The van der Waals surface area contributed by atoms with Crippen LogP contribution in [0.3, 0.4) is 0 Å². The second kappa shape index (κ2) is 11.2. The van der Waals surface area contributed by atoms with E-state index >= 15 is 0 Å². The van der Waals surface area contributed by atoms with Gasteiger partial charge in [-0.3, -0.25) is 14.5 Å². The molecule has 3 aromatic carbocycles. The number of carbonyl (C=O) groups is 3. The molecule has 2 aliphatic rings. The number of nitrogens with two attached hydrogens (primary N) is 2. The van der Waals surface area contributed by atoms with Crippen LogP contribution >= 0.6 is 11.6 Å². The first-order valence-electron chi connectivity index (χ1n) is 13.1. The van der Waals surface area contributed by atoms with E-state index < -0.39 is 17.5 Å². The molecule has 0 saturated carbocycles. The fourth-order valence-electron chi connectivity index (χ4n) is 5.49. The lowest BCUT2D eigenvalue weighted by Gasteiger charge is -2.39. The lowest BCUT2D eigenvalue weighted by Crippen LogP contribution is -2.53. The number of primary amides is 1. The standard InChI is InChI=1S/C31H31ClN4O4/c1-19-13-24(21-9-5-10-22(14-21)29(34)38)25(32)15-23(19)27-28(33)31(40-30(27)39)11-6-12-36(18-31)17-26(37)35-16-20-7-3-2-4-8-20/h2-5,7-10,13-15H,6,11-12,16-18,33H2,1H3,(H2,34,38)(H,35,37). The van der Waals surface area contributed by atoms with Gasteiger partial charge in [0.15, 0.2) is 5.60 Å². The number of nitrogens with zero attached hydrogens (tertiary/aromatic N) is 1. The van der Waals surface area contributed by atoms with Gasteiger partial charge in [-0.1, -0.05) is 54.1 Å². The minimum absolute atomic E-state index is 0.105. The third-order valence-electron chi connectivity index (χ3n) is 7.53. The van der Waals surface area contributed by atoms with Crippen molar-refractivity contribution >= 4 is 35.0 Å². The molecule has 0 aromatic heterocycles. The molecule has 5 N–H and O–H groups in total. The normalized spacial score (nSPS) is 19.1. The van der Waals surface area contributed by atoms with Crippen molar-refractivity contribution in [3.05, 3.63) is 99.7 Å². The van der Waals surface area contributed by atoms with Crippen molar-refractivity contribution in [1.82, 2.24) is 10.2 Å². The van der Waals surface area contributed by atoms with Gasteiger partial charge in [-0.05, 0) is 72.8 Å². The molecule has 0 bridgehead atoms. The van der Waals surface area contributed by atoms with Crippen molar-refractivity contribution in [2.24, 2.45) is 11.5 Å². The van der Waals surface area contributed by atoms with Crippen LogP contribution < -0.4 is 16.8 Å². The van der Waals surface area contributed by atoms with Crippen molar-refractivity contribution in [1.29, 1.82) is 0 Å². The molecule has 1 fully saturated rings. The number of hydrogen-bond acceptors (Lipinski definition) is 6. The molecule has 1 unspecified atom stereocenters. The average Bonchev–Trinajstić information content (AvgIpc) is 3.17. The summed E-state index contributed by atoms with van der Waals surface area (Å²) in [5, 5.41) is 3.35. The predicted octanol–water partition coefficient (Wildman–Crippen LogP) is 3.79. The number of halogens is 1. The molecule has 206 valence electrons. The monoisotopic (exact) mass is 558 g/mol. The minimum Gasteiger partial charge on any atom is -0.448 e. The zero-order chi connectivity index (χ0) is 28.4. The van der Waals surface area contributed by atoms with Crippen molar-refractivity contribution < 1.29 is 19.1 Å². The van der Waals surface area contributed by atoms with E-state index in [0.717, 1.165) is 23.1 Å².